The average molecular weight is 393 g/mol. The molecule has 9 heteroatoms. The van der Waals surface area contributed by atoms with Crippen LogP contribution in [0.25, 0.3) is 11.2 Å². The largest absolute Gasteiger partial charge is 0.346 e. The predicted molar refractivity (Wildman–Crippen MR) is 107 cm³/mol. The molecule has 4 rings (SSSR count). The van der Waals surface area contributed by atoms with Crippen molar-refractivity contribution in [3.8, 4) is 0 Å². The van der Waals surface area contributed by atoms with Gasteiger partial charge in [-0.2, -0.15) is 0 Å². The summed E-state index contributed by atoms with van der Waals surface area (Å²) >= 11 is 1.57. The van der Waals surface area contributed by atoms with E-state index in [1.165, 1.54) is 0 Å². The maximum absolute atomic E-state index is 12.5. The van der Waals surface area contributed by atoms with Crippen molar-refractivity contribution in [2.45, 2.75) is 18.2 Å². The number of carbonyl (C=O) groups excluding carboxylic acids is 1. The minimum absolute atomic E-state index is 0.194. The quantitative estimate of drug-likeness (QED) is 0.505. The number of pyridine rings is 2. The zero-order chi connectivity index (χ0) is 19.5. The van der Waals surface area contributed by atoms with E-state index in [0.29, 0.717) is 24.2 Å². The molecule has 0 aliphatic rings. The van der Waals surface area contributed by atoms with Gasteiger partial charge >= 0.3 is 0 Å². The molecule has 0 saturated carbocycles. The van der Waals surface area contributed by atoms with E-state index in [-0.39, 0.29) is 5.91 Å². The van der Waals surface area contributed by atoms with E-state index in [4.69, 9.17) is 0 Å². The number of rotatable bonds is 6. The lowest BCUT2D eigenvalue weighted by Gasteiger charge is -2.07. The fraction of sp³-hybridized carbons (Fsp3) is 0.211. The molecular formula is C19H19N7OS. The lowest BCUT2D eigenvalue weighted by Crippen LogP contribution is -2.24. The molecule has 28 heavy (non-hydrogen) atoms. The molecule has 0 radical (unpaired) electrons. The smallest absolute Gasteiger partial charge is 0.253 e. The van der Waals surface area contributed by atoms with Crippen molar-refractivity contribution < 1.29 is 4.79 Å². The van der Waals surface area contributed by atoms with Crippen LogP contribution in [-0.4, -0.2) is 41.2 Å². The molecule has 0 unspecified atom stereocenters. The summed E-state index contributed by atoms with van der Waals surface area (Å²) in [7, 11) is 1.93. The highest BCUT2D eigenvalue weighted by molar-refractivity contribution is 7.98. The summed E-state index contributed by atoms with van der Waals surface area (Å²) in [5.74, 6) is -0.194. The van der Waals surface area contributed by atoms with E-state index >= 15 is 0 Å². The van der Waals surface area contributed by atoms with Crippen LogP contribution in [0.3, 0.4) is 0 Å². The number of thioether (sulfide) groups is 1. The molecule has 8 nitrogen and oxygen atoms in total. The van der Waals surface area contributed by atoms with Gasteiger partial charge in [0, 0.05) is 19.4 Å². The van der Waals surface area contributed by atoms with Crippen LogP contribution in [-0.2, 0) is 20.1 Å². The summed E-state index contributed by atoms with van der Waals surface area (Å²) < 4.78 is 3.88. The fourth-order valence-electron chi connectivity index (χ4n) is 2.91. The van der Waals surface area contributed by atoms with Crippen LogP contribution < -0.4 is 5.32 Å². The van der Waals surface area contributed by atoms with E-state index in [0.717, 1.165) is 22.2 Å². The fourth-order valence-corrected chi connectivity index (χ4v) is 3.46. The van der Waals surface area contributed by atoms with Crippen LogP contribution in [0.2, 0.25) is 0 Å². The van der Waals surface area contributed by atoms with Gasteiger partial charge in [-0.05, 0) is 24.5 Å². The highest BCUT2D eigenvalue weighted by Gasteiger charge is 2.12. The first-order valence-electron chi connectivity index (χ1n) is 8.69. The molecule has 0 spiro atoms. The Morgan fingerprint density at radius 2 is 2.07 bits per heavy atom. The normalized spacial score (nSPS) is 11.1. The van der Waals surface area contributed by atoms with Gasteiger partial charge in [-0.3, -0.25) is 9.78 Å². The van der Waals surface area contributed by atoms with Crippen LogP contribution in [0.5, 0.6) is 0 Å². The third kappa shape index (κ3) is 3.61. The van der Waals surface area contributed by atoms with Gasteiger partial charge in [0.25, 0.3) is 5.91 Å². The van der Waals surface area contributed by atoms with Crippen LogP contribution in [0.4, 0.5) is 0 Å². The van der Waals surface area contributed by atoms with Crippen LogP contribution in [0, 0.1) is 0 Å². The second kappa shape index (κ2) is 7.81. The number of hydrogen-bond donors (Lipinski definition) is 1. The molecule has 0 bridgehead atoms. The molecule has 4 heterocycles. The standard InChI is InChI=1S/C19H19N7OS/c1-25-15(10-23-19(25)28-2)9-22-18(27)13-7-16-17(21-8-13)26(12-24-16)11-14-5-3-4-6-20-14/h3-8,10,12H,9,11H2,1-2H3,(H,22,27). The van der Waals surface area contributed by atoms with E-state index in [1.54, 1.807) is 42.7 Å². The Kier molecular flexibility index (Phi) is 5.07. The Morgan fingerprint density at radius 1 is 1.18 bits per heavy atom. The van der Waals surface area contributed by atoms with Crippen LogP contribution >= 0.6 is 11.8 Å². The molecule has 0 fully saturated rings. The van der Waals surface area contributed by atoms with Gasteiger partial charge in [-0.1, -0.05) is 17.8 Å². The number of nitrogens with zero attached hydrogens (tertiary/aromatic N) is 6. The highest BCUT2D eigenvalue weighted by atomic mass is 32.2. The van der Waals surface area contributed by atoms with Gasteiger partial charge in [-0.25, -0.2) is 15.0 Å². The van der Waals surface area contributed by atoms with Crippen LogP contribution in [0.15, 0.2) is 54.3 Å². The zero-order valence-electron chi connectivity index (χ0n) is 15.5. The van der Waals surface area contributed by atoms with Gasteiger partial charge in [-0.15, -0.1) is 0 Å². The number of amides is 1. The lowest BCUT2D eigenvalue weighted by atomic mass is 10.2. The van der Waals surface area contributed by atoms with Crippen molar-refractivity contribution in [2.24, 2.45) is 7.05 Å². The number of aromatic nitrogens is 6. The molecule has 1 N–H and O–H groups in total. The van der Waals surface area contributed by atoms with Crippen molar-refractivity contribution in [1.29, 1.82) is 0 Å². The molecule has 0 saturated heterocycles. The summed E-state index contributed by atoms with van der Waals surface area (Å²) in [5, 5.41) is 3.82. The van der Waals surface area contributed by atoms with E-state index in [1.807, 2.05) is 40.6 Å². The topological polar surface area (TPSA) is 90.5 Å². The third-order valence-electron chi connectivity index (χ3n) is 4.43. The van der Waals surface area contributed by atoms with Gasteiger partial charge in [0.1, 0.15) is 5.52 Å². The minimum atomic E-state index is -0.194. The minimum Gasteiger partial charge on any atom is -0.346 e. The van der Waals surface area contributed by atoms with Crippen LogP contribution in [0.1, 0.15) is 21.7 Å². The molecular weight excluding hydrogens is 374 g/mol. The maximum Gasteiger partial charge on any atom is 0.253 e. The SMILES string of the molecule is CSc1ncc(CNC(=O)c2cnc3c(c2)ncn3Cc2ccccn2)n1C. The van der Waals surface area contributed by atoms with Gasteiger partial charge in [0.05, 0.1) is 42.6 Å². The maximum atomic E-state index is 12.5. The Balaban J connectivity index is 1.48. The third-order valence-corrected chi connectivity index (χ3v) is 5.17. The van der Waals surface area contributed by atoms with Gasteiger partial charge in [0.2, 0.25) is 0 Å². The Labute approximate surface area is 166 Å². The second-order valence-corrected chi connectivity index (χ2v) is 7.01. The molecule has 4 aromatic rings. The van der Waals surface area contributed by atoms with Crippen molar-refractivity contribution in [2.75, 3.05) is 6.26 Å². The summed E-state index contributed by atoms with van der Waals surface area (Å²) in [4.78, 5) is 30.0. The molecule has 0 aliphatic carbocycles. The van der Waals surface area contributed by atoms with E-state index in [9.17, 15) is 4.79 Å². The molecule has 0 aliphatic heterocycles. The van der Waals surface area contributed by atoms with Gasteiger partial charge in [0.15, 0.2) is 10.8 Å². The first-order chi connectivity index (χ1) is 13.7. The first-order valence-corrected chi connectivity index (χ1v) is 9.91. The highest BCUT2D eigenvalue weighted by Crippen LogP contribution is 2.15. The molecule has 4 aromatic heterocycles. The number of nitrogens with one attached hydrogen (secondary N) is 1. The summed E-state index contributed by atoms with van der Waals surface area (Å²) in [6.45, 7) is 0.975. The predicted octanol–water partition coefficient (Wildman–Crippen LogP) is 2.26. The summed E-state index contributed by atoms with van der Waals surface area (Å²) in [6.07, 6.45) is 8.79. The average Bonchev–Trinajstić information content (AvgIpc) is 3.29. The first kappa shape index (κ1) is 18.2. The number of fused-ring (bicyclic) bond motifs is 1. The van der Waals surface area contributed by atoms with Crippen molar-refractivity contribution >= 4 is 28.8 Å². The summed E-state index contributed by atoms with van der Waals surface area (Å²) in [5.41, 5.74) is 3.73. The Morgan fingerprint density at radius 3 is 2.82 bits per heavy atom. The second-order valence-electron chi connectivity index (χ2n) is 6.24. The van der Waals surface area contributed by atoms with Gasteiger partial charge < -0.3 is 14.5 Å². The molecule has 0 aromatic carbocycles. The van der Waals surface area contributed by atoms with Crippen molar-refractivity contribution in [3.63, 3.8) is 0 Å². The van der Waals surface area contributed by atoms with Crippen molar-refractivity contribution in [3.05, 3.63) is 66.1 Å². The van der Waals surface area contributed by atoms with E-state index in [2.05, 4.69) is 25.3 Å². The molecule has 1 amide bonds. The monoisotopic (exact) mass is 393 g/mol. The molecule has 0 atom stereocenters. The number of hydrogen-bond acceptors (Lipinski definition) is 6. The van der Waals surface area contributed by atoms with Crippen molar-refractivity contribution in [1.82, 2.24) is 34.4 Å². The Bertz CT molecular complexity index is 1120. The summed E-state index contributed by atoms with van der Waals surface area (Å²) in [6, 6.07) is 7.53. The lowest BCUT2D eigenvalue weighted by molar-refractivity contribution is 0.0950. The van der Waals surface area contributed by atoms with E-state index < -0.39 is 0 Å². The number of imidazole rings is 2. The zero-order valence-corrected chi connectivity index (χ0v) is 16.3. The molecule has 142 valence electrons. The Hall–Kier alpha value is -3.20. The number of carbonyl (C=O) groups is 1.